The normalized spacial score (nSPS) is 25.2. The Balaban J connectivity index is 2.27. The van der Waals surface area contributed by atoms with Crippen molar-refractivity contribution in [3.8, 4) is 0 Å². The fraction of sp³-hybridized carbons (Fsp3) is 0.538. The van der Waals surface area contributed by atoms with Crippen LogP contribution in [0.15, 0.2) is 36.5 Å². The summed E-state index contributed by atoms with van der Waals surface area (Å²) in [5.41, 5.74) is 0. The van der Waals surface area contributed by atoms with Gasteiger partial charge in [0.15, 0.2) is 0 Å². The zero-order chi connectivity index (χ0) is 9.19. The van der Waals surface area contributed by atoms with Crippen molar-refractivity contribution in [2.24, 2.45) is 0 Å². The van der Waals surface area contributed by atoms with Gasteiger partial charge in [0.1, 0.15) is 0 Å². The van der Waals surface area contributed by atoms with Crippen LogP contribution in [0.4, 0.5) is 0 Å². The van der Waals surface area contributed by atoms with Crippen molar-refractivity contribution in [3.05, 3.63) is 36.5 Å². The highest BCUT2D eigenvalue weighted by Gasteiger charge is 1.83. The van der Waals surface area contributed by atoms with Crippen LogP contribution in [-0.2, 0) is 0 Å². The zero-order valence-corrected chi connectivity index (χ0v) is 8.41. The van der Waals surface area contributed by atoms with E-state index in [9.17, 15) is 0 Å². The first kappa shape index (κ1) is 10.3. The highest BCUT2D eigenvalue weighted by atomic mass is 13.9. The molecule has 0 aliphatic heterocycles. The minimum absolute atomic E-state index is 1.21. The van der Waals surface area contributed by atoms with Crippen LogP contribution in [0.5, 0.6) is 0 Å². The van der Waals surface area contributed by atoms with Crippen molar-refractivity contribution in [2.45, 2.75) is 44.9 Å². The van der Waals surface area contributed by atoms with Gasteiger partial charge in [0.25, 0.3) is 0 Å². The van der Waals surface area contributed by atoms with E-state index in [4.69, 9.17) is 0 Å². The van der Waals surface area contributed by atoms with Crippen molar-refractivity contribution in [1.29, 1.82) is 0 Å². The number of rotatable bonds is 0. The third-order valence-corrected chi connectivity index (χ3v) is 2.24. The molecule has 0 amide bonds. The maximum Gasteiger partial charge on any atom is -0.0316 e. The number of allylic oxidation sites excluding steroid dienone is 6. The van der Waals surface area contributed by atoms with Crippen LogP contribution in [0.3, 0.4) is 0 Å². The van der Waals surface area contributed by atoms with Gasteiger partial charge in [0.2, 0.25) is 0 Å². The van der Waals surface area contributed by atoms with Gasteiger partial charge in [-0.05, 0) is 44.9 Å². The Morgan fingerprint density at radius 1 is 0.385 bits per heavy atom. The van der Waals surface area contributed by atoms with Gasteiger partial charge < -0.3 is 0 Å². The van der Waals surface area contributed by atoms with Crippen LogP contribution in [-0.4, -0.2) is 0 Å². The third kappa shape index (κ3) is 6.39. The second-order valence-corrected chi connectivity index (χ2v) is 3.50. The highest BCUT2D eigenvalue weighted by Crippen LogP contribution is 2.04. The van der Waals surface area contributed by atoms with Gasteiger partial charge in [-0.3, -0.25) is 0 Å². The minimum Gasteiger partial charge on any atom is -0.0885 e. The standard InChI is InChI=1S/C13H20/c1-2-4-6-8-10-12-13-11-9-7-5-3-1/h1-2,7-10H,3-6,11-13H2/b2-1?,9-7+,10-8+. The summed E-state index contributed by atoms with van der Waals surface area (Å²) in [5, 5.41) is 0. The molecule has 0 saturated carbocycles. The molecule has 0 aromatic heterocycles. The van der Waals surface area contributed by atoms with Crippen molar-refractivity contribution in [3.63, 3.8) is 0 Å². The molecule has 1 rings (SSSR count). The lowest BCUT2D eigenvalue weighted by Crippen LogP contribution is -1.69. The van der Waals surface area contributed by atoms with Crippen LogP contribution in [0.2, 0.25) is 0 Å². The van der Waals surface area contributed by atoms with Crippen molar-refractivity contribution in [2.75, 3.05) is 0 Å². The Morgan fingerprint density at radius 3 is 1.08 bits per heavy atom. The SMILES string of the molecule is C1=CCC/C=C/CCC/C=C/CC1. The Bertz CT molecular complexity index is 164. The molecule has 0 bridgehead atoms. The summed E-state index contributed by atoms with van der Waals surface area (Å²) in [4.78, 5) is 0. The molecule has 0 fully saturated rings. The fourth-order valence-corrected chi connectivity index (χ4v) is 1.45. The smallest absolute Gasteiger partial charge is 0.0316 e. The molecule has 0 spiro atoms. The molecule has 1 aliphatic carbocycles. The Hall–Kier alpha value is -0.780. The molecular formula is C13H20. The van der Waals surface area contributed by atoms with Crippen LogP contribution < -0.4 is 0 Å². The van der Waals surface area contributed by atoms with E-state index in [0.717, 1.165) is 0 Å². The molecule has 13 heavy (non-hydrogen) atoms. The Morgan fingerprint density at radius 2 is 0.692 bits per heavy atom. The Kier molecular flexibility index (Phi) is 6.22. The fourth-order valence-electron chi connectivity index (χ4n) is 1.45. The van der Waals surface area contributed by atoms with Crippen molar-refractivity contribution >= 4 is 0 Å². The van der Waals surface area contributed by atoms with E-state index in [1.54, 1.807) is 0 Å². The summed E-state index contributed by atoms with van der Waals surface area (Å²) in [5.74, 6) is 0. The van der Waals surface area contributed by atoms with E-state index < -0.39 is 0 Å². The zero-order valence-electron chi connectivity index (χ0n) is 8.41. The van der Waals surface area contributed by atoms with E-state index in [2.05, 4.69) is 36.5 Å². The summed E-state index contributed by atoms with van der Waals surface area (Å²) < 4.78 is 0. The van der Waals surface area contributed by atoms with E-state index in [-0.39, 0.29) is 0 Å². The van der Waals surface area contributed by atoms with Gasteiger partial charge in [-0.1, -0.05) is 36.5 Å². The van der Waals surface area contributed by atoms with Crippen molar-refractivity contribution in [1.82, 2.24) is 0 Å². The largest absolute Gasteiger partial charge is 0.0885 e. The minimum atomic E-state index is 1.21. The van der Waals surface area contributed by atoms with Crippen LogP contribution >= 0.6 is 0 Å². The molecule has 0 atom stereocenters. The molecule has 0 aromatic rings. The lowest BCUT2D eigenvalue weighted by atomic mass is 10.2. The number of hydrogen-bond acceptors (Lipinski definition) is 0. The average molecular weight is 176 g/mol. The molecule has 0 saturated heterocycles. The molecule has 0 N–H and O–H groups in total. The van der Waals surface area contributed by atoms with Gasteiger partial charge in [-0.25, -0.2) is 0 Å². The molecule has 0 unspecified atom stereocenters. The second kappa shape index (κ2) is 7.85. The van der Waals surface area contributed by atoms with Gasteiger partial charge in [0.05, 0.1) is 0 Å². The molecule has 0 heteroatoms. The molecule has 1 aliphatic rings. The highest BCUT2D eigenvalue weighted by molar-refractivity contribution is 4.92. The van der Waals surface area contributed by atoms with Crippen LogP contribution in [0.1, 0.15) is 44.9 Å². The van der Waals surface area contributed by atoms with Gasteiger partial charge >= 0.3 is 0 Å². The van der Waals surface area contributed by atoms with Crippen LogP contribution in [0.25, 0.3) is 0 Å². The van der Waals surface area contributed by atoms with E-state index >= 15 is 0 Å². The topological polar surface area (TPSA) is 0 Å². The summed E-state index contributed by atoms with van der Waals surface area (Å²) in [7, 11) is 0. The van der Waals surface area contributed by atoms with Crippen molar-refractivity contribution < 1.29 is 0 Å². The summed E-state index contributed by atoms with van der Waals surface area (Å²) >= 11 is 0. The maximum atomic E-state index is 2.32. The first-order chi connectivity index (χ1) is 6.50. The molecular weight excluding hydrogens is 156 g/mol. The molecule has 0 nitrogen and oxygen atoms in total. The summed E-state index contributed by atoms with van der Waals surface area (Å²) in [6.45, 7) is 0. The Labute approximate surface area is 82.0 Å². The first-order valence-corrected chi connectivity index (χ1v) is 5.45. The lowest BCUT2D eigenvalue weighted by molar-refractivity contribution is 0.859. The summed E-state index contributed by atoms with van der Waals surface area (Å²) in [6.07, 6.45) is 22.5. The third-order valence-electron chi connectivity index (χ3n) is 2.24. The van der Waals surface area contributed by atoms with Gasteiger partial charge in [-0.15, -0.1) is 0 Å². The molecule has 0 radical (unpaired) electrons. The quantitative estimate of drug-likeness (QED) is 0.480. The van der Waals surface area contributed by atoms with E-state index in [0.29, 0.717) is 0 Å². The van der Waals surface area contributed by atoms with Crippen LogP contribution in [0, 0.1) is 0 Å². The molecule has 72 valence electrons. The predicted octanol–water partition coefficient (Wildman–Crippen LogP) is 4.40. The first-order valence-electron chi connectivity index (χ1n) is 5.45. The average Bonchev–Trinajstić information content (AvgIpc) is 2.18. The van der Waals surface area contributed by atoms with Gasteiger partial charge in [-0.2, -0.15) is 0 Å². The number of hydrogen-bond donors (Lipinski definition) is 0. The predicted molar refractivity (Wildman–Crippen MR) is 59.7 cm³/mol. The van der Waals surface area contributed by atoms with E-state index in [1.165, 1.54) is 44.9 Å². The molecule has 0 heterocycles. The lowest BCUT2D eigenvalue weighted by Gasteiger charge is -1.89. The second-order valence-electron chi connectivity index (χ2n) is 3.50. The maximum absolute atomic E-state index is 2.32. The monoisotopic (exact) mass is 176 g/mol. The summed E-state index contributed by atoms with van der Waals surface area (Å²) in [6, 6.07) is 0. The molecule has 0 aromatic carbocycles. The van der Waals surface area contributed by atoms with Gasteiger partial charge in [0, 0.05) is 0 Å². The van der Waals surface area contributed by atoms with E-state index in [1.807, 2.05) is 0 Å².